The van der Waals surface area contributed by atoms with Crippen molar-refractivity contribution in [2.75, 3.05) is 0 Å². The molecule has 8 heavy (non-hydrogen) atoms. The van der Waals surface area contributed by atoms with Crippen LogP contribution in [0.25, 0.3) is 0 Å². The Morgan fingerprint density at radius 3 is 2.00 bits per heavy atom. The molecule has 2 unspecified atom stereocenters. The third-order valence-electron chi connectivity index (χ3n) is 0.793. The van der Waals surface area contributed by atoms with E-state index in [1.165, 1.54) is 10.6 Å². The number of alkyl halides is 2. The van der Waals surface area contributed by atoms with Crippen molar-refractivity contribution in [1.29, 1.82) is 0 Å². The van der Waals surface area contributed by atoms with Crippen molar-refractivity contribution < 1.29 is 0 Å². The number of hydrogen-bond acceptors (Lipinski definition) is 1. The number of hydrogen-bond donors (Lipinski definition) is 0. The molecule has 0 aromatic heterocycles. The van der Waals surface area contributed by atoms with Crippen LogP contribution in [0, 0.1) is 0 Å². The normalized spacial score (nSPS) is 39.8. The van der Waals surface area contributed by atoms with E-state index in [9.17, 15) is 0 Å². The van der Waals surface area contributed by atoms with Crippen LogP contribution in [0.15, 0.2) is 0 Å². The van der Waals surface area contributed by atoms with Gasteiger partial charge in [-0.2, -0.15) is 0 Å². The van der Waals surface area contributed by atoms with Crippen LogP contribution in [0.2, 0.25) is 10.6 Å². The Labute approximate surface area is 77.0 Å². The van der Waals surface area contributed by atoms with E-state index >= 15 is 0 Å². The van der Waals surface area contributed by atoms with Crippen LogP contribution in [0.3, 0.4) is 0 Å². The molecule has 0 spiro atoms. The van der Waals surface area contributed by atoms with Gasteiger partial charge in [-0.3, -0.25) is 0 Å². The van der Waals surface area contributed by atoms with E-state index in [1.807, 2.05) is 11.8 Å². The fraction of sp³-hybridized carbons (Fsp3) is 1.00. The number of thioether (sulfide) groups is 1. The zero-order chi connectivity index (χ0) is 5.98. The van der Waals surface area contributed by atoms with Crippen LogP contribution in [-0.4, -0.2) is 23.3 Å². The predicted octanol–water partition coefficient (Wildman–Crippen LogP) is 2.72. The third-order valence-corrected chi connectivity index (χ3v) is 8.93. The summed E-state index contributed by atoms with van der Waals surface area (Å²) in [7, 11) is 0. The molecule has 0 amide bonds. The second-order valence-electron chi connectivity index (χ2n) is 1.49. The van der Waals surface area contributed by atoms with Crippen molar-refractivity contribution in [3.8, 4) is 0 Å². The van der Waals surface area contributed by atoms with Crippen molar-refractivity contribution in [3.05, 3.63) is 0 Å². The SMILES string of the molecule is BrC1C[Se]CC(Br)S1. The van der Waals surface area contributed by atoms with Crippen LogP contribution < -0.4 is 0 Å². The fourth-order valence-corrected chi connectivity index (χ4v) is 8.40. The van der Waals surface area contributed by atoms with Gasteiger partial charge >= 0.3 is 77.5 Å². The molecule has 0 nitrogen and oxygen atoms in total. The number of rotatable bonds is 0. The van der Waals surface area contributed by atoms with Crippen molar-refractivity contribution in [2.24, 2.45) is 0 Å². The van der Waals surface area contributed by atoms with Crippen LogP contribution >= 0.6 is 43.6 Å². The molecule has 0 radical (unpaired) electrons. The zero-order valence-corrected chi connectivity index (χ0v) is 9.84. The van der Waals surface area contributed by atoms with Gasteiger partial charge in [-0.15, -0.1) is 0 Å². The van der Waals surface area contributed by atoms with Gasteiger partial charge in [-0.05, 0) is 0 Å². The van der Waals surface area contributed by atoms with Gasteiger partial charge in [0, 0.05) is 0 Å². The fourth-order valence-electron chi connectivity index (χ4n) is 0.492. The second-order valence-corrected chi connectivity index (χ2v) is 8.58. The first kappa shape index (κ1) is 7.93. The van der Waals surface area contributed by atoms with Gasteiger partial charge in [0.25, 0.3) is 0 Å². The molecule has 0 aromatic rings. The first-order valence-corrected chi connectivity index (χ1v) is 7.50. The van der Waals surface area contributed by atoms with Crippen molar-refractivity contribution in [3.63, 3.8) is 0 Å². The Hall–Kier alpha value is 1.83. The van der Waals surface area contributed by atoms with E-state index in [-0.39, 0.29) is 0 Å². The average molecular weight is 325 g/mol. The predicted molar refractivity (Wildman–Crippen MR) is 48.4 cm³/mol. The Bertz CT molecular complexity index is 72.4. The zero-order valence-electron chi connectivity index (χ0n) is 4.14. The summed E-state index contributed by atoms with van der Waals surface area (Å²) in [6.45, 7) is 0. The average Bonchev–Trinajstić information content (AvgIpc) is 1.64. The van der Waals surface area contributed by atoms with Gasteiger partial charge in [-0.25, -0.2) is 0 Å². The minimum absolute atomic E-state index is 0.723. The maximum atomic E-state index is 3.58. The van der Waals surface area contributed by atoms with Crippen molar-refractivity contribution >= 4 is 58.6 Å². The Morgan fingerprint density at radius 2 is 1.75 bits per heavy atom. The summed E-state index contributed by atoms with van der Waals surface area (Å²) in [4.78, 5) is 0. The molecular weight excluding hydrogens is 319 g/mol. The Balaban J connectivity index is 2.23. The summed E-state index contributed by atoms with van der Waals surface area (Å²) in [6, 6.07) is 0. The summed E-state index contributed by atoms with van der Waals surface area (Å²) in [6.07, 6.45) is 0. The molecule has 48 valence electrons. The second kappa shape index (κ2) is 3.87. The van der Waals surface area contributed by atoms with E-state index in [2.05, 4.69) is 31.9 Å². The third kappa shape index (κ3) is 2.61. The van der Waals surface area contributed by atoms with Gasteiger partial charge < -0.3 is 0 Å². The number of halogens is 2. The molecule has 0 saturated carbocycles. The van der Waals surface area contributed by atoms with E-state index in [4.69, 9.17) is 0 Å². The molecule has 2 atom stereocenters. The molecular formula is C4H6Br2SSe. The molecule has 1 aliphatic rings. The summed E-state index contributed by atoms with van der Waals surface area (Å²) in [5.74, 6) is 0. The summed E-state index contributed by atoms with van der Waals surface area (Å²) < 4.78 is 1.45. The van der Waals surface area contributed by atoms with Gasteiger partial charge in [0.15, 0.2) is 0 Å². The van der Waals surface area contributed by atoms with Gasteiger partial charge in [0.05, 0.1) is 0 Å². The summed E-state index contributed by atoms with van der Waals surface area (Å²) in [5.41, 5.74) is 0. The molecule has 1 heterocycles. The molecule has 1 aliphatic heterocycles. The van der Waals surface area contributed by atoms with E-state index in [1.54, 1.807) is 0 Å². The first-order chi connectivity index (χ1) is 3.79. The molecule has 0 aliphatic carbocycles. The maximum absolute atomic E-state index is 3.58. The minimum atomic E-state index is 0.723. The summed E-state index contributed by atoms with van der Waals surface area (Å²) in [5, 5.41) is 2.78. The summed E-state index contributed by atoms with van der Waals surface area (Å²) >= 11 is 10.0. The molecule has 1 saturated heterocycles. The van der Waals surface area contributed by atoms with Gasteiger partial charge in [0.2, 0.25) is 0 Å². The van der Waals surface area contributed by atoms with Crippen LogP contribution in [0.5, 0.6) is 0 Å². The molecule has 0 aromatic carbocycles. The van der Waals surface area contributed by atoms with Gasteiger partial charge in [0.1, 0.15) is 0 Å². The molecule has 0 bridgehead atoms. The topological polar surface area (TPSA) is 0 Å². The molecule has 4 heteroatoms. The molecule has 1 rings (SSSR count). The molecule has 1 fully saturated rings. The van der Waals surface area contributed by atoms with E-state index in [0.29, 0.717) is 0 Å². The van der Waals surface area contributed by atoms with E-state index in [0.717, 1.165) is 23.3 Å². The van der Waals surface area contributed by atoms with Crippen molar-refractivity contribution in [2.45, 2.75) is 19.0 Å². The van der Waals surface area contributed by atoms with Crippen molar-refractivity contribution in [1.82, 2.24) is 0 Å². The standard InChI is InChI=1S/C4H6Br2SSe/c5-3-1-8-2-4(6)7-3/h3-4H,1-2H2. The first-order valence-electron chi connectivity index (χ1n) is 2.30. The van der Waals surface area contributed by atoms with Crippen LogP contribution in [0.4, 0.5) is 0 Å². The quantitative estimate of drug-likeness (QED) is 0.488. The van der Waals surface area contributed by atoms with Crippen LogP contribution in [-0.2, 0) is 0 Å². The Kier molecular flexibility index (Phi) is 3.83. The Morgan fingerprint density at radius 1 is 1.25 bits per heavy atom. The molecule has 0 N–H and O–H groups in total. The van der Waals surface area contributed by atoms with Gasteiger partial charge in [-0.1, -0.05) is 0 Å². The van der Waals surface area contributed by atoms with E-state index < -0.39 is 0 Å². The monoisotopic (exact) mass is 324 g/mol. The van der Waals surface area contributed by atoms with Crippen LogP contribution in [0.1, 0.15) is 0 Å².